The zero-order valence-corrected chi connectivity index (χ0v) is 10.6. The summed E-state index contributed by atoms with van der Waals surface area (Å²) in [5.74, 6) is 1.17. The molecule has 1 rings (SSSR count). The van der Waals surface area contributed by atoms with Crippen LogP contribution in [-0.4, -0.2) is 25.0 Å². The van der Waals surface area contributed by atoms with Gasteiger partial charge in [-0.05, 0) is 5.56 Å². The minimum atomic E-state index is -0.890. The van der Waals surface area contributed by atoms with Crippen molar-refractivity contribution in [3.05, 3.63) is 35.9 Å². The van der Waals surface area contributed by atoms with E-state index in [9.17, 15) is 9.59 Å². The van der Waals surface area contributed by atoms with Crippen LogP contribution in [0.4, 0.5) is 0 Å². The van der Waals surface area contributed by atoms with Crippen LogP contribution >= 0.6 is 0 Å². The third kappa shape index (κ3) is 4.12. The summed E-state index contributed by atoms with van der Waals surface area (Å²) in [6, 6.07) is 8.04. The standard InChI is InChI=1S/C14H16N2O3/c1-3-7-11(13(15)17)16-14(18)12(19-2)10-8-5-4-6-9-10/h1,4-6,8-9,11-12H,7H2,2H3,(H2,15,17)(H,16,18)/t11-,12-/m1/s1. The quantitative estimate of drug-likeness (QED) is 0.725. The highest BCUT2D eigenvalue weighted by Gasteiger charge is 2.24. The first-order chi connectivity index (χ1) is 9.10. The van der Waals surface area contributed by atoms with Crippen LogP contribution in [0.25, 0.3) is 0 Å². The molecule has 0 spiro atoms. The van der Waals surface area contributed by atoms with Crippen molar-refractivity contribution < 1.29 is 14.3 Å². The molecule has 0 aromatic heterocycles. The third-order valence-corrected chi connectivity index (χ3v) is 2.56. The van der Waals surface area contributed by atoms with Gasteiger partial charge in [0.05, 0.1) is 0 Å². The second-order valence-electron chi connectivity index (χ2n) is 3.90. The predicted molar refractivity (Wildman–Crippen MR) is 70.8 cm³/mol. The maximum absolute atomic E-state index is 12.1. The second-order valence-corrected chi connectivity index (χ2v) is 3.90. The number of hydrogen-bond acceptors (Lipinski definition) is 3. The van der Waals surface area contributed by atoms with Crippen LogP contribution in [0.3, 0.4) is 0 Å². The molecule has 0 heterocycles. The Morgan fingerprint density at radius 3 is 2.53 bits per heavy atom. The van der Waals surface area contributed by atoms with Gasteiger partial charge in [0.25, 0.3) is 5.91 Å². The van der Waals surface area contributed by atoms with E-state index in [0.717, 1.165) is 0 Å². The van der Waals surface area contributed by atoms with E-state index >= 15 is 0 Å². The lowest BCUT2D eigenvalue weighted by molar-refractivity contribution is -0.134. The van der Waals surface area contributed by atoms with Crippen LogP contribution in [0.5, 0.6) is 0 Å². The van der Waals surface area contributed by atoms with Gasteiger partial charge in [-0.15, -0.1) is 12.3 Å². The topological polar surface area (TPSA) is 81.4 Å². The summed E-state index contributed by atoms with van der Waals surface area (Å²) in [6.07, 6.45) is 4.37. The van der Waals surface area contributed by atoms with Crippen molar-refractivity contribution in [1.29, 1.82) is 0 Å². The summed E-state index contributed by atoms with van der Waals surface area (Å²) >= 11 is 0. The molecule has 0 saturated carbocycles. The van der Waals surface area contributed by atoms with Gasteiger partial charge in [0.2, 0.25) is 5.91 Å². The average molecular weight is 260 g/mol. The molecule has 3 N–H and O–H groups in total. The van der Waals surface area contributed by atoms with Crippen molar-refractivity contribution in [1.82, 2.24) is 5.32 Å². The Morgan fingerprint density at radius 1 is 1.42 bits per heavy atom. The van der Waals surface area contributed by atoms with Gasteiger partial charge in [-0.25, -0.2) is 0 Å². The zero-order chi connectivity index (χ0) is 14.3. The summed E-state index contributed by atoms with van der Waals surface area (Å²) in [5.41, 5.74) is 5.85. The van der Waals surface area contributed by atoms with Crippen LogP contribution in [0.1, 0.15) is 18.1 Å². The first-order valence-corrected chi connectivity index (χ1v) is 5.71. The highest BCUT2D eigenvalue weighted by molar-refractivity contribution is 5.89. The normalized spacial score (nSPS) is 13.1. The van der Waals surface area contributed by atoms with Gasteiger partial charge in [-0.1, -0.05) is 30.3 Å². The Labute approximate surface area is 112 Å². The third-order valence-electron chi connectivity index (χ3n) is 2.56. The lowest BCUT2D eigenvalue weighted by Gasteiger charge is -2.19. The number of methoxy groups -OCH3 is 1. The van der Waals surface area contributed by atoms with Gasteiger partial charge in [-0.2, -0.15) is 0 Å². The fourth-order valence-electron chi connectivity index (χ4n) is 1.61. The van der Waals surface area contributed by atoms with Gasteiger partial charge < -0.3 is 15.8 Å². The number of carbonyl (C=O) groups excluding carboxylic acids is 2. The lowest BCUT2D eigenvalue weighted by atomic mass is 10.1. The molecule has 0 aliphatic heterocycles. The molecule has 2 amide bonds. The van der Waals surface area contributed by atoms with Crippen LogP contribution < -0.4 is 11.1 Å². The van der Waals surface area contributed by atoms with Gasteiger partial charge in [-0.3, -0.25) is 9.59 Å². The van der Waals surface area contributed by atoms with Crippen molar-refractivity contribution in [2.45, 2.75) is 18.6 Å². The van der Waals surface area contributed by atoms with Crippen molar-refractivity contribution in [2.75, 3.05) is 7.11 Å². The van der Waals surface area contributed by atoms with E-state index in [1.165, 1.54) is 7.11 Å². The van der Waals surface area contributed by atoms with Gasteiger partial charge >= 0.3 is 0 Å². The number of ether oxygens (including phenoxy) is 1. The summed E-state index contributed by atoms with van der Waals surface area (Å²) in [7, 11) is 1.41. The predicted octanol–water partition coefficient (Wildman–Crippen LogP) is 0.367. The van der Waals surface area contributed by atoms with Crippen molar-refractivity contribution in [2.24, 2.45) is 5.73 Å². The molecule has 0 unspecified atom stereocenters. The van der Waals surface area contributed by atoms with E-state index in [0.29, 0.717) is 5.56 Å². The molecule has 0 aliphatic carbocycles. The number of nitrogens with one attached hydrogen (secondary N) is 1. The van der Waals surface area contributed by atoms with Gasteiger partial charge in [0, 0.05) is 13.5 Å². The highest BCUT2D eigenvalue weighted by atomic mass is 16.5. The van der Waals surface area contributed by atoms with E-state index in [4.69, 9.17) is 16.9 Å². The molecule has 2 atom stereocenters. The van der Waals surface area contributed by atoms with Crippen LogP contribution in [0.15, 0.2) is 30.3 Å². The molecule has 0 fully saturated rings. The monoisotopic (exact) mass is 260 g/mol. The summed E-state index contributed by atoms with van der Waals surface area (Å²) in [5, 5.41) is 2.49. The maximum Gasteiger partial charge on any atom is 0.254 e. The highest BCUT2D eigenvalue weighted by Crippen LogP contribution is 2.16. The molecular formula is C14H16N2O3. The summed E-state index contributed by atoms with van der Waals surface area (Å²) in [6.45, 7) is 0. The Morgan fingerprint density at radius 2 is 2.05 bits per heavy atom. The number of amides is 2. The Balaban J connectivity index is 2.80. The van der Waals surface area contributed by atoms with Crippen LogP contribution in [0, 0.1) is 12.3 Å². The molecule has 0 aliphatic rings. The minimum absolute atomic E-state index is 0.0479. The van der Waals surface area contributed by atoms with Crippen LogP contribution in [0.2, 0.25) is 0 Å². The maximum atomic E-state index is 12.1. The van der Waals surface area contributed by atoms with Crippen molar-refractivity contribution in [3.8, 4) is 12.3 Å². The zero-order valence-electron chi connectivity index (χ0n) is 10.6. The summed E-state index contributed by atoms with van der Waals surface area (Å²) in [4.78, 5) is 23.2. The number of terminal acetylenes is 1. The van der Waals surface area contributed by atoms with E-state index in [2.05, 4.69) is 11.2 Å². The molecule has 5 heteroatoms. The molecule has 1 aromatic rings. The smallest absolute Gasteiger partial charge is 0.254 e. The summed E-state index contributed by atoms with van der Waals surface area (Å²) < 4.78 is 5.14. The van der Waals surface area contributed by atoms with E-state index in [1.54, 1.807) is 24.3 Å². The molecule has 5 nitrogen and oxygen atoms in total. The Bertz CT molecular complexity index is 479. The number of hydrogen-bond donors (Lipinski definition) is 2. The first kappa shape index (κ1) is 14.7. The van der Waals surface area contributed by atoms with E-state index in [-0.39, 0.29) is 6.42 Å². The molecule has 19 heavy (non-hydrogen) atoms. The molecular weight excluding hydrogens is 244 g/mol. The molecule has 0 saturated heterocycles. The SMILES string of the molecule is C#CC[C@@H](NC(=O)[C@H](OC)c1ccccc1)C(N)=O. The van der Waals surface area contributed by atoms with Crippen molar-refractivity contribution >= 4 is 11.8 Å². The Kier molecular flexibility index (Phi) is 5.58. The van der Waals surface area contributed by atoms with Gasteiger partial charge in [0.15, 0.2) is 6.10 Å². The molecule has 0 bridgehead atoms. The average Bonchev–Trinajstić information content (AvgIpc) is 2.40. The van der Waals surface area contributed by atoms with E-state index in [1.807, 2.05) is 6.07 Å². The first-order valence-electron chi connectivity index (χ1n) is 5.71. The number of primary amides is 1. The van der Waals surface area contributed by atoms with Crippen molar-refractivity contribution in [3.63, 3.8) is 0 Å². The number of benzene rings is 1. The number of carbonyl (C=O) groups is 2. The number of nitrogens with two attached hydrogens (primary N) is 1. The lowest BCUT2D eigenvalue weighted by Crippen LogP contribution is -2.46. The van der Waals surface area contributed by atoms with Gasteiger partial charge in [0.1, 0.15) is 6.04 Å². The van der Waals surface area contributed by atoms with Crippen LogP contribution in [-0.2, 0) is 14.3 Å². The molecule has 0 radical (unpaired) electrons. The minimum Gasteiger partial charge on any atom is -0.368 e. The number of rotatable bonds is 6. The van der Waals surface area contributed by atoms with E-state index < -0.39 is 24.0 Å². The Hall–Kier alpha value is -2.32. The molecule has 100 valence electrons. The largest absolute Gasteiger partial charge is 0.368 e. The second kappa shape index (κ2) is 7.19. The fraction of sp³-hybridized carbons (Fsp3) is 0.286. The fourth-order valence-corrected chi connectivity index (χ4v) is 1.61. The molecule has 1 aromatic carbocycles.